The fourth-order valence-electron chi connectivity index (χ4n) is 2.53. The van der Waals surface area contributed by atoms with Crippen LogP contribution in [0.2, 0.25) is 0 Å². The van der Waals surface area contributed by atoms with Gasteiger partial charge in [-0.1, -0.05) is 18.7 Å². The molecule has 0 radical (unpaired) electrons. The van der Waals surface area contributed by atoms with Crippen LogP contribution in [0.25, 0.3) is 6.08 Å². The molecule has 6 heteroatoms. The van der Waals surface area contributed by atoms with Gasteiger partial charge >= 0.3 is 0 Å². The van der Waals surface area contributed by atoms with Crippen LogP contribution in [0.4, 0.5) is 5.69 Å². The van der Waals surface area contributed by atoms with Crippen molar-refractivity contribution >= 4 is 23.6 Å². The first-order valence-corrected chi connectivity index (χ1v) is 9.55. The number of benzene rings is 2. The predicted octanol–water partition coefficient (Wildman–Crippen LogP) is 4.44. The summed E-state index contributed by atoms with van der Waals surface area (Å²) in [6.07, 6.45) is 4.76. The lowest BCUT2D eigenvalue weighted by molar-refractivity contribution is -0.111. The fourth-order valence-corrected chi connectivity index (χ4v) is 2.53. The van der Waals surface area contributed by atoms with E-state index >= 15 is 0 Å². The molecule has 0 heterocycles. The minimum Gasteiger partial charge on any atom is -0.493 e. The third-order valence-corrected chi connectivity index (χ3v) is 3.87. The summed E-state index contributed by atoms with van der Waals surface area (Å²) >= 11 is 0. The Hall–Kier alpha value is -3.54. The first-order chi connectivity index (χ1) is 14.2. The van der Waals surface area contributed by atoms with Gasteiger partial charge in [0, 0.05) is 22.9 Å². The van der Waals surface area contributed by atoms with E-state index in [0.29, 0.717) is 29.4 Å². The zero-order valence-electron chi connectivity index (χ0n) is 17.8. The van der Waals surface area contributed by atoms with Crippen LogP contribution >= 0.6 is 0 Å². The van der Waals surface area contributed by atoms with Crippen molar-refractivity contribution < 1.29 is 19.1 Å². The van der Waals surface area contributed by atoms with E-state index in [9.17, 15) is 9.59 Å². The minimum atomic E-state index is -0.312. The molecule has 0 aromatic heterocycles. The first-order valence-electron chi connectivity index (χ1n) is 9.55. The molecule has 0 bridgehead atoms. The maximum absolute atomic E-state index is 12.2. The Morgan fingerprint density at radius 1 is 1.07 bits per heavy atom. The quantitative estimate of drug-likeness (QED) is 0.500. The molecular weight excluding hydrogens is 380 g/mol. The Morgan fingerprint density at radius 3 is 2.37 bits per heavy atom. The normalized spacial score (nSPS) is 11.1. The molecule has 0 unspecified atom stereocenters. The fraction of sp³-hybridized carbons (Fsp3) is 0.250. The number of nitrogens with one attached hydrogen (secondary N) is 2. The maximum atomic E-state index is 12.2. The third-order valence-electron chi connectivity index (χ3n) is 3.87. The van der Waals surface area contributed by atoms with Gasteiger partial charge in [-0.05, 0) is 68.8 Å². The van der Waals surface area contributed by atoms with Crippen LogP contribution in [0.15, 0.2) is 61.2 Å². The highest BCUT2D eigenvalue weighted by Crippen LogP contribution is 2.28. The topological polar surface area (TPSA) is 76.7 Å². The SMILES string of the molecule is C=CCOc1ccc(/C=C/C(=O)Nc2ccc(C(=O)NC(C)(C)C)cc2)cc1OC. The van der Waals surface area contributed by atoms with Gasteiger partial charge in [-0.3, -0.25) is 9.59 Å². The third kappa shape index (κ3) is 7.13. The summed E-state index contributed by atoms with van der Waals surface area (Å²) in [7, 11) is 1.56. The highest BCUT2D eigenvalue weighted by molar-refractivity contribution is 6.02. The number of amides is 2. The van der Waals surface area contributed by atoms with E-state index in [-0.39, 0.29) is 17.4 Å². The number of carbonyl (C=O) groups is 2. The van der Waals surface area contributed by atoms with Crippen molar-refractivity contribution in [2.24, 2.45) is 0 Å². The lowest BCUT2D eigenvalue weighted by Gasteiger charge is -2.20. The van der Waals surface area contributed by atoms with E-state index in [1.807, 2.05) is 26.8 Å². The van der Waals surface area contributed by atoms with Gasteiger partial charge in [-0.15, -0.1) is 0 Å². The largest absolute Gasteiger partial charge is 0.493 e. The molecular formula is C24H28N2O4. The molecule has 2 aromatic carbocycles. The second-order valence-corrected chi connectivity index (χ2v) is 7.61. The zero-order chi connectivity index (χ0) is 22.1. The van der Waals surface area contributed by atoms with E-state index in [0.717, 1.165) is 5.56 Å². The van der Waals surface area contributed by atoms with E-state index in [1.165, 1.54) is 6.08 Å². The Kier molecular flexibility index (Phi) is 7.81. The lowest BCUT2D eigenvalue weighted by atomic mass is 10.1. The van der Waals surface area contributed by atoms with Crippen LogP contribution in [-0.4, -0.2) is 31.1 Å². The van der Waals surface area contributed by atoms with Crippen molar-refractivity contribution in [3.8, 4) is 11.5 Å². The first kappa shape index (κ1) is 22.7. The smallest absolute Gasteiger partial charge is 0.251 e. The number of methoxy groups -OCH3 is 1. The van der Waals surface area contributed by atoms with E-state index in [2.05, 4.69) is 17.2 Å². The van der Waals surface area contributed by atoms with Crippen molar-refractivity contribution in [1.82, 2.24) is 5.32 Å². The summed E-state index contributed by atoms with van der Waals surface area (Å²) in [5.74, 6) is 0.737. The molecule has 2 amide bonds. The Bertz CT molecular complexity index is 925. The zero-order valence-corrected chi connectivity index (χ0v) is 17.8. The van der Waals surface area contributed by atoms with E-state index < -0.39 is 0 Å². The highest BCUT2D eigenvalue weighted by Gasteiger charge is 2.15. The van der Waals surface area contributed by atoms with Crippen molar-refractivity contribution in [1.29, 1.82) is 0 Å². The molecule has 0 saturated carbocycles. The predicted molar refractivity (Wildman–Crippen MR) is 120 cm³/mol. The van der Waals surface area contributed by atoms with Crippen molar-refractivity contribution in [2.45, 2.75) is 26.3 Å². The maximum Gasteiger partial charge on any atom is 0.251 e. The van der Waals surface area contributed by atoms with Gasteiger partial charge in [0.1, 0.15) is 6.61 Å². The van der Waals surface area contributed by atoms with Gasteiger partial charge in [-0.2, -0.15) is 0 Å². The minimum absolute atomic E-state index is 0.158. The molecule has 2 aromatic rings. The average Bonchev–Trinajstić information content (AvgIpc) is 2.70. The lowest BCUT2D eigenvalue weighted by Crippen LogP contribution is -2.40. The molecule has 2 rings (SSSR count). The summed E-state index contributed by atoms with van der Waals surface area (Å²) in [6, 6.07) is 12.1. The molecule has 2 N–H and O–H groups in total. The monoisotopic (exact) mass is 408 g/mol. The van der Waals surface area contributed by atoms with Gasteiger partial charge in [0.05, 0.1) is 7.11 Å². The molecule has 30 heavy (non-hydrogen) atoms. The molecule has 0 atom stereocenters. The van der Waals surface area contributed by atoms with E-state index in [4.69, 9.17) is 9.47 Å². The number of ether oxygens (including phenoxy) is 2. The molecule has 0 aliphatic carbocycles. The number of carbonyl (C=O) groups excluding carboxylic acids is 2. The molecule has 0 aliphatic rings. The Morgan fingerprint density at radius 2 is 1.77 bits per heavy atom. The second kappa shape index (κ2) is 10.3. The van der Waals surface area contributed by atoms with Crippen molar-refractivity contribution in [3.05, 3.63) is 72.3 Å². The molecule has 158 valence electrons. The Balaban J connectivity index is 1.99. The standard InChI is InChI=1S/C24H28N2O4/c1-6-15-30-20-13-7-17(16-21(20)29-5)8-14-22(27)25-19-11-9-18(10-12-19)23(28)26-24(2,3)4/h6-14,16H,1,15H2,2-5H3,(H,25,27)(H,26,28)/b14-8+. The summed E-state index contributed by atoms with van der Waals surface area (Å²) in [5, 5.41) is 5.67. The summed E-state index contributed by atoms with van der Waals surface area (Å²) < 4.78 is 10.8. The number of rotatable bonds is 8. The number of anilines is 1. The van der Waals surface area contributed by atoms with Crippen LogP contribution in [0.1, 0.15) is 36.7 Å². The molecule has 6 nitrogen and oxygen atoms in total. The van der Waals surface area contributed by atoms with E-state index in [1.54, 1.807) is 55.7 Å². The van der Waals surface area contributed by atoms with Crippen LogP contribution in [0.3, 0.4) is 0 Å². The molecule has 0 spiro atoms. The molecule has 0 saturated heterocycles. The van der Waals surface area contributed by atoms with Gasteiger partial charge in [0.15, 0.2) is 11.5 Å². The van der Waals surface area contributed by atoms with Gasteiger partial charge in [-0.25, -0.2) is 0 Å². The van der Waals surface area contributed by atoms with Crippen molar-refractivity contribution in [3.63, 3.8) is 0 Å². The Labute approximate surface area is 177 Å². The average molecular weight is 408 g/mol. The van der Waals surface area contributed by atoms with Gasteiger partial charge in [0.25, 0.3) is 5.91 Å². The number of hydrogen-bond acceptors (Lipinski definition) is 4. The molecule has 0 aliphatic heterocycles. The van der Waals surface area contributed by atoms with Gasteiger partial charge < -0.3 is 20.1 Å². The highest BCUT2D eigenvalue weighted by atomic mass is 16.5. The van der Waals surface area contributed by atoms with Gasteiger partial charge in [0.2, 0.25) is 5.91 Å². The van der Waals surface area contributed by atoms with Crippen LogP contribution in [-0.2, 0) is 4.79 Å². The van der Waals surface area contributed by atoms with Crippen molar-refractivity contribution in [2.75, 3.05) is 19.0 Å². The summed E-state index contributed by atoms with van der Waals surface area (Å²) in [5.41, 5.74) is 1.61. The number of hydrogen-bond donors (Lipinski definition) is 2. The van der Waals surface area contributed by atoms with Crippen LogP contribution in [0, 0.1) is 0 Å². The van der Waals surface area contributed by atoms with Crippen LogP contribution < -0.4 is 20.1 Å². The molecule has 0 fully saturated rings. The second-order valence-electron chi connectivity index (χ2n) is 7.61. The summed E-state index contributed by atoms with van der Waals surface area (Å²) in [6.45, 7) is 9.76. The van der Waals surface area contributed by atoms with Crippen LogP contribution in [0.5, 0.6) is 11.5 Å². The summed E-state index contributed by atoms with van der Waals surface area (Å²) in [4.78, 5) is 24.4.